The summed E-state index contributed by atoms with van der Waals surface area (Å²) in [6, 6.07) is 6.13. The van der Waals surface area contributed by atoms with E-state index in [9.17, 15) is 9.18 Å². The summed E-state index contributed by atoms with van der Waals surface area (Å²) in [6.07, 6.45) is 6.23. The maximum Gasteiger partial charge on any atom is 0.227 e. The van der Waals surface area contributed by atoms with E-state index in [1.165, 1.54) is 25.0 Å². The lowest BCUT2D eigenvalue weighted by Crippen LogP contribution is -2.46. The molecule has 0 aliphatic heterocycles. The molecule has 0 heterocycles. The highest BCUT2D eigenvalue weighted by atomic mass is 19.1. The lowest BCUT2D eigenvalue weighted by molar-refractivity contribution is -0.132. The summed E-state index contributed by atoms with van der Waals surface area (Å²) in [6.45, 7) is 2.32. The molecule has 0 bridgehead atoms. The Kier molecular flexibility index (Phi) is 5.34. The number of hydrogen-bond acceptors (Lipinski definition) is 2. The summed E-state index contributed by atoms with van der Waals surface area (Å²) in [7, 11) is 0. The highest BCUT2D eigenvalue weighted by Gasteiger charge is 2.37. The first-order valence-electron chi connectivity index (χ1n) is 7.84. The number of hydrogen-bond donors (Lipinski definition) is 2. The molecule has 3 N–H and O–H groups in total. The van der Waals surface area contributed by atoms with Crippen LogP contribution in [0.25, 0.3) is 0 Å². The zero-order chi connectivity index (χ0) is 15.3. The molecule has 0 spiro atoms. The van der Waals surface area contributed by atoms with Gasteiger partial charge in [0.2, 0.25) is 5.91 Å². The van der Waals surface area contributed by atoms with Crippen LogP contribution in [0.15, 0.2) is 24.3 Å². The molecule has 1 aromatic carbocycles. The molecule has 1 aromatic rings. The van der Waals surface area contributed by atoms with E-state index in [-0.39, 0.29) is 17.8 Å². The fourth-order valence-corrected chi connectivity index (χ4v) is 3.11. The van der Waals surface area contributed by atoms with Crippen LogP contribution in [0.3, 0.4) is 0 Å². The van der Waals surface area contributed by atoms with Crippen molar-refractivity contribution < 1.29 is 9.18 Å². The van der Waals surface area contributed by atoms with Crippen LogP contribution in [0.5, 0.6) is 0 Å². The van der Waals surface area contributed by atoms with Gasteiger partial charge in [-0.05, 0) is 37.5 Å². The predicted octanol–water partition coefficient (Wildman–Crippen LogP) is 3.30. The van der Waals surface area contributed by atoms with Crippen LogP contribution in [-0.4, -0.2) is 12.5 Å². The maximum absolute atomic E-state index is 13.0. The van der Waals surface area contributed by atoms with Crippen molar-refractivity contribution in [2.45, 2.75) is 51.5 Å². The van der Waals surface area contributed by atoms with Gasteiger partial charge in [0.05, 0.1) is 11.5 Å². The van der Waals surface area contributed by atoms with Crippen molar-refractivity contribution >= 4 is 5.91 Å². The third-order valence-corrected chi connectivity index (χ3v) is 4.65. The van der Waals surface area contributed by atoms with Gasteiger partial charge < -0.3 is 11.1 Å². The second kappa shape index (κ2) is 7.03. The van der Waals surface area contributed by atoms with Crippen molar-refractivity contribution in [3.63, 3.8) is 0 Å². The summed E-state index contributed by atoms with van der Waals surface area (Å²) in [5.74, 6) is -0.219. The number of carbonyl (C=O) groups excluding carboxylic acids is 1. The molecule has 1 aliphatic rings. The number of benzene rings is 1. The fourth-order valence-electron chi connectivity index (χ4n) is 3.11. The summed E-state index contributed by atoms with van der Waals surface area (Å²) < 4.78 is 13.0. The van der Waals surface area contributed by atoms with Crippen molar-refractivity contribution in [3.8, 4) is 0 Å². The van der Waals surface area contributed by atoms with E-state index in [4.69, 9.17) is 5.73 Å². The van der Waals surface area contributed by atoms with E-state index in [2.05, 4.69) is 5.32 Å². The van der Waals surface area contributed by atoms with Gasteiger partial charge in [0, 0.05) is 6.54 Å². The first kappa shape index (κ1) is 16.0. The Morgan fingerprint density at radius 2 is 1.81 bits per heavy atom. The van der Waals surface area contributed by atoms with Gasteiger partial charge in [-0.2, -0.15) is 0 Å². The van der Waals surface area contributed by atoms with Crippen molar-refractivity contribution in [1.29, 1.82) is 0 Å². The number of carbonyl (C=O) groups is 1. The average Bonchev–Trinajstić information content (AvgIpc) is 2.74. The van der Waals surface area contributed by atoms with Crippen LogP contribution in [0.2, 0.25) is 0 Å². The largest absolute Gasteiger partial charge is 0.349 e. The molecule has 4 heteroatoms. The van der Waals surface area contributed by atoms with Gasteiger partial charge >= 0.3 is 0 Å². The van der Waals surface area contributed by atoms with Crippen molar-refractivity contribution in [3.05, 3.63) is 35.6 Å². The molecule has 21 heavy (non-hydrogen) atoms. The number of rotatable bonds is 4. The van der Waals surface area contributed by atoms with E-state index >= 15 is 0 Å². The molecule has 2 rings (SSSR count). The first-order chi connectivity index (χ1) is 10.1. The summed E-state index contributed by atoms with van der Waals surface area (Å²) in [5, 5.41) is 3.06. The van der Waals surface area contributed by atoms with Crippen LogP contribution in [0, 0.1) is 11.2 Å². The Hall–Kier alpha value is -1.42. The van der Waals surface area contributed by atoms with Gasteiger partial charge in [-0.25, -0.2) is 4.39 Å². The average molecular weight is 292 g/mol. The molecule has 0 unspecified atom stereocenters. The minimum atomic E-state index is -0.426. The maximum atomic E-state index is 13.0. The van der Waals surface area contributed by atoms with E-state index < -0.39 is 5.41 Å². The van der Waals surface area contributed by atoms with E-state index in [0.717, 1.165) is 31.2 Å². The number of nitrogens with two attached hydrogens (primary N) is 1. The Morgan fingerprint density at radius 1 is 1.24 bits per heavy atom. The minimum absolute atomic E-state index is 0.0451. The monoisotopic (exact) mass is 292 g/mol. The Balaban J connectivity index is 2.06. The first-order valence-corrected chi connectivity index (χ1v) is 7.84. The van der Waals surface area contributed by atoms with Gasteiger partial charge in [-0.1, -0.05) is 37.8 Å². The topological polar surface area (TPSA) is 55.1 Å². The minimum Gasteiger partial charge on any atom is -0.349 e. The molecular weight excluding hydrogens is 267 g/mol. The van der Waals surface area contributed by atoms with Crippen molar-refractivity contribution in [1.82, 2.24) is 5.32 Å². The molecule has 0 saturated heterocycles. The zero-order valence-electron chi connectivity index (χ0n) is 12.7. The van der Waals surface area contributed by atoms with Crippen LogP contribution >= 0.6 is 0 Å². The highest BCUT2D eigenvalue weighted by Crippen LogP contribution is 2.35. The summed E-state index contributed by atoms with van der Waals surface area (Å²) in [4.78, 5) is 12.7. The molecule has 0 radical (unpaired) electrons. The normalized spacial score (nSPS) is 19.6. The second-order valence-corrected chi connectivity index (χ2v) is 6.15. The zero-order valence-corrected chi connectivity index (χ0v) is 12.7. The standard InChI is InChI=1S/C17H25FN2O/c1-13(14-6-8-15(18)9-7-14)20-16(21)17(12-19)10-4-2-3-5-11-17/h6-9,13H,2-5,10-12,19H2,1H3,(H,20,21)/t13-/m1/s1. The summed E-state index contributed by atoms with van der Waals surface area (Å²) >= 11 is 0. The lowest BCUT2D eigenvalue weighted by atomic mass is 9.79. The molecule has 116 valence electrons. The third-order valence-electron chi connectivity index (χ3n) is 4.65. The number of amides is 1. The smallest absolute Gasteiger partial charge is 0.227 e. The van der Waals surface area contributed by atoms with Crippen LogP contribution in [0.1, 0.15) is 57.1 Å². The Labute approximate surface area is 126 Å². The van der Waals surface area contributed by atoms with Gasteiger partial charge in [-0.3, -0.25) is 4.79 Å². The third kappa shape index (κ3) is 3.82. The van der Waals surface area contributed by atoms with Crippen molar-refractivity contribution in [2.24, 2.45) is 11.1 Å². The Morgan fingerprint density at radius 3 is 2.33 bits per heavy atom. The molecule has 1 amide bonds. The highest BCUT2D eigenvalue weighted by molar-refractivity contribution is 5.83. The van der Waals surface area contributed by atoms with Crippen LogP contribution in [-0.2, 0) is 4.79 Å². The quantitative estimate of drug-likeness (QED) is 0.837. The molecule has 1 aliphatic carbocycles. The molecule has 3 nitrogen and oxygen atoms in total. The number of halogens is 1. The van der Waals surface area contributed by atoms with Gasteiger partial charge in [-0.15, -0.1) is 0 Å². The molecule has 1 saturated carbocycles. The van der Waals surface area contributed by atoms with Gasteiger partial charge in [0.25, 0.3) is 0 Å². The van der Waals surface area contributed by atoms with E-state index in [1.54, 1.807) is 12.1 Å². The molecule has 1 atom stereocenters. The molecule has 1 fully saturated rings. The van der Waals surface area contributed by atoms with Crippen LogP contribution in [0.4, 0.5) is 4.39 Å². The van der Waals surface area contributed by atoms with Crippen LogP contribution < -0.4 is 11.1 Å². The lowest BCUT2D eigenvalue weighted by Gasteiger charge is -2.31. The number of nitrogens with one attached hydrogen (secondary N) is 1. The van der Waals surface area contributed by atoms with Crippen molar-refractivity contribution in [2.75, 3.05) is 6.54 Å². The van der Waals surface area contributed by atoms with E-state index in [1.807, 2.05) is 6.92 Å². The second-order valence-electron chi connectivity index (χ2n) is 6.15. The van der Waals surface area contributed by atoms with Gasteiger partial charge in [0.15, 0.2) is 0 Å². The van der Waals surface area contributed by atoms with Gasteiger partial charge in [0.1, 0.15) is 5.82 Å². The fraction of sp³-hybridized carbons (Fsp3) is 0.588. The summed E-state index contributed by atoms with van der Waals surface area (Å²) in [5.41, 5.74) is 6.41. The Bertz CT molecular complexity index is 464. The van der Waals surface area contributed by atoms with E-state index in [0.29, 0.717) is 6.54 Å². The molecule has 0 aromatic heterocycles. The SMILES string of the molecule is C[C@@H](NC(=O)C1(CN)CCCCCC1)c1ccc(F)cc1. The predicted molar refractivity (Wildman–Crippen MR) is 82.1 cm³/mol. The molecular formula is C17H25FN2O.